The number of anilines is 1. The summed E-state index contributed by atoms with van der Waals surface area (Å²) < 4.78 is 32.1. The summed E-state index contributed by atoms with van der Waals surface area (Å²) in [5.74, 6) is -1.01. The maximum absolute atomic E-state index is 13.4. The highest BCUT2D eigenvalue weighted by molar-refractivity contribution is 14.1. The molecule has 0 fully saturated rings. The Kier molecular flexibility index (Phi) is 5.70. The first-order chi connectivity index (χ1) is 10.5. The molecule has 22 heavy (non-hydrogen) atoms. The number of amides is 1. The van der Waals surface area contributed by atoms with Crippen molar-refractivity contribution in [3.63, 3.8) is 0 Å². The summed E-state index contributed by atoms with van der Waals surface area (Å²) in [4.78, 5) is 11.9. The first-order valence-corrected chi connectivity index (χ1v) is 7.73. The molecule has 1 N–H and O–H groups in total. The molecule has 2 rings (SSSR count). The molecule has 0 aliphatic rings. The van der Waals surface area contributed by atoms with Crippen LogP contribution >= 0.6 is 22.6 Å². The minimum absolute atomic E-state index is 0.0953. The Labute approximate surface area is 140 Å². The fraction of sp³-hybridized carbons (Fsp3) is 0.188. The SMILES string of the molecule is CCOc1ccc(CC(=O)Nc2cc(F)c(I)c(F)c2)cc1. The lowest BCUT2D eigenvalue weighted by Gasteiger charge is -2.08. The maximum Gasteiger partial charge on any atom is 0.228 e. The van der Waals surface area contributed by atoms with E-state index < -0.39 is 11.6 Å². The third-order valence-corrected chi connectivity index (χ3v) is 3.90. The summed E-state index contributed by atoms with van der Waals surface area (Å²) in [5.41, 5.74) is 0.888. The van der Waals surface area contributed by atoms with Gasteiger partial charge >= 0.3 is 0 Å². The molecular weight excluding hydrogens is 403 g/mol. The lowest BCUT2D eigenvalue weighted by atomic mass is 10.1. The van der Waals surface area contributed by atoms with Gasteiger partial charge in [-0.25, -0.2) is 8.78 Å². The van der Waals surface area contributed by atoms with E-state index in [2.05, 4.69) is 5.32 Å². The molecule has 2 aromatic carbocycles. The summed E-state index contributed by atoms with van der Waals surface area (Å²) in [7, 11) is 0. The fourth-order valence-corrected chi connectivity index (χ4v) is 2.20. The van der Waals surface area contributed by atoms with Crippen LogP contribution in [0.4, 0.5) is 14.5 Å². The van der Waals surface area contributed by atoms with Gasteiger partial charge in [0.1, 0.15) is 17.4 Å². The number of carbonyl (C=O) groups is 1. The van der Waals surface area contributed by atoms with Crippen LogP contribution in [0.15, 0.2) is 36.4 Å². The third-order valence-electron chi connectivity index (χ3n) is 2.87. The molecule has 0 unspecified atom stereocenters. The minimum Gasteiger partial charge on any atom is -0.494 e. The molecule has 0 bridgehead atoms. The Balaban J connectivity index is 2.01. The normalized spacial score (nSPS) is 10.4. The van der Waals surface area contributed by atoms with Crippen molar-refractivity contribution in [3.05, 3.63) is 57.2 Å². The van der Waals surface area contributed by atoms with Gasteiger partial charge in [0.05, 0.1) is 16.6 Å². The van der Waals surface area contributed by atoms with Crippen LogP contribution in [0.5, 0.6) is 5.75 Å². The molecule has 2 aromatic rings. The molecule has 6 heteroatoms. The van der Waals surface area contributed by atoms with Crippen molar-refractivity contribution < 1.29 is 18.3 Å². The van der Waals surface area contributed by atoms with E-state index in [1.807, 2.05) is 6.92 Å². The van der Waals surface area contributed by atoms with Crippen molar-refractivity contribution >= 4 is 34.2 Å². The van der Waals surface area contributed by atoms with E-state index in [0.717, 1.165) is 23.4 Å². The van der Waals surface area contributed by atoms with Crippen LogP contribution in [0.3, 0.4) is 0 Å². The van der Waals surface area contributed by atoms with Crippen LogP contribution < -0.4 is 10.1 Å². The maximum atomic E-state index is 13.4. The lowest BCUT2D eigenvalue weighted by molar-refractivity contribution is -0.115. The van der Waals surface area contributed by atoms with Gasteiger partial charge in [-0.05, 0) is 59.3 Å². The highest BCUT2D eigenvalue weighted by Crippen LogP contribution is 2.20. The highest BCUT2D eigenvalue weighted by atomic mass is 127. The number of rotatable bonds is 5. The van der Waals surface area contributed by atoms with Crippen molar-refractivity contribution in [2.75, 3.05) is 11.9 Å². The number of carbonyl (C=O) groups excluding carboxylic acids is 1. The molecule has 0 aliphatic carbocycles. The third kappa shape index (κ3) is 4.40. The van der Waals surface area contributed by atoms with E-state index in [1.165, 1.54) is 0 Å². The number of hydrogen-bond acceptors (Lipinski definition) is 2. The van der Waals surface area contributed by atoms with Gasteiger partial charge in [0, 0.05) is 5.69 Å². The Morgan fingerprint density at radius 1 is 1.18 bits per heavy atom. The zero-order valence-corrected chi connectivity index (χ0v) is 14.0. The molecule has 0 saturated heterocycles. The van der Waals surface area contributed by atoms with Gasteiger partial charge in [0.2, 0.25) is 5.91 Å². The van der Waals surface area contributed by atoms with E-state index in [9.17, 15) is 13.6 Å². The summed E-state index contributed by atoms with van der Waals surface area (Å²) in [6, 6.07) is 9.30. The zero-order valence-electron chi connectivity index (χ0n) is 11.8. The smallest absolute Gasteiger partial charge is 0.228 e. The Hall–Kier alpha value is -1.70. The largest absolute Gasteiger partial charge is 0.494 e. The Bertz CT molecular complexity index is 651. The van der Waals surface area contributed by atoms with Crippen LogP contribution in [-0.4, -0.2) is 12.5 Å². The molecule has 0 spiro atoms. The molecule has 116 valence electrons. The van der Waals surface area contributed by atoms with E-state index in [0.29, 0.717) is 6.61 Å². The topological polar surface area (TPSA) is 38.3 Å². The molecule has 3 nitrogen and oxygen atoms in total. The predicted octanol–water partition coefficient (Wildman–Crippen LogP) is 4.15. The first-order valence-electron chi connectivity index (χ1n) is 6.65. The second kappa shape index (κ2) is 7.53. The van der Waals surface area contributed by atoms with Crippen molar-refractivity contribution in [2.24, 2.45) is 0 Å². The van der Waals surface area contributed by atoms with Crippen LogP contribution in [0.2, 0.25) is 0 Å². The van der Waals surface area contributed by atoms with E-state index >= 15 is 0 Å². The lowest BCUT2D eigenvalue weighted by Crippen LogP contribution is -2.15. The number of benzene rings is 2. The summed E-state index contributed by atoms with van der Waals surface area (Å²) >= 11 is 1.57. The van der Waals surface area contributed by atoms with E-state index in [-0.39, 0.29) is 21.6 Å². The fourth-order valence-electron chi connectivity index (χ4n) is 1.89. The van der Waals surface area contributed by atoms with Gasteiger partial charge in [0.25, 0.3) is 0 Å². The van der Waals surface area contributed by atoms with Crippen LogP contribution in [0, 0.1) is 15.2 Å². The quantitative estimate of drug-likeness (QED) is 0.587. The summed E-state index contributed by atoms with van der Waals surface area (Å²) in [6.45, 7) is 2.46. The summed E-state index contributed by atoms with van der Waals surface area (Å²) in [5, 5.41) is 2.49. The Morgan fingerprint density at radius 2 is 1.77 bits per heavy atom. The zero-order chi connectivity index (χ0) is 16.1. The van der Waals surface area contributed by atoms with Gasteiger partial charge in [-0.15, -0.1) is 0 Å². The van der Waals surface area contributed by atoms with Crippen LogP contribution in [0.1, 0.15) is 12.5 Å². The highest BCUT2D eigenvalue weighted by Gasteiger charge is 2.10. The number of hydrogen-bond donors (Lipinski definition) is 1. The molecule has 0 radical (unpaired) electrons. The number of halogens is 3. The van der Waals surface area contributed by atoms with E-state index in [4.69, 9.17) is 4.74 Å². The second-order valence-corrected chi connectivity index (χ2v) is 5.63. The minimum atomic E-state index is -0.697. The summed E-state index contributed by atoms with van der Waals surface area (Å²) in [6.07, 6.45) is 0.113. The molecule has 1 amide bonds. The van der Waals surface area contributed by atoms with Gasteiger partial charge < -0.3 is 10.1 Å². The van der Waals surface area contributed by atoms with Crippen LogP contribution in [-0.2, 0) is 11.2 Å². The molecular formula is C16H14F2INO2. The average Bonchev–Trinajstić information content (AvgIpc) is 2.47. The number of nitrogens with one attached hydrogen (secondary N) is 1. The first kappa shape index (κ1) is 16.7. The van der Waals surface area contributed by atoms with Gasteiger partial charge in [0.15, 0.2) is 0 Å². The molecule has 0 heterocycles. The van der Waals surface area contributed by atoms with Crippen molar-refractivity contribution in [1.82, 2.24) is 0 Å². The molecule has 0 aromatic heterocycles. The van der Waals surface area contributed by atoms with Gasteiger partial charge in [-0.1, -0.05) is 12.1 Å². The predicted molar refractivity (Wildman–Crippen MR) is 89.0 cm³/mol. The van der Waals surface area contributed by atoms with Crippen LogP contribution in [0.25, 0.3) is 0 Å². The van der Waals surface area contributed by atoms with Crippen molar-refractivity contribution in [2.45, 2.75) is 13.3 Å². The Morgan fingerprint density at radius 3 is 2.32 bits per heavy atom. The average molecular weight is 417 g/mol. The molecule has 0 aliphatic heterocycles. The van der Waals surface area contributed by atoms with Crippen molar-refractivity contribution in [1.29, 1.82) is 0 Å². The molecule has 0 saturated carbocycles. The van der Waals surface area contributed by atoms with Gasteiger partial charge in [-0.3, -0.25) is 4.79 Å². The standard InChI is InChI=1S/C16H14F2INO2/c1-2-22-12-5-3-10(4-6-12)7-15(21)20-11-8-13(17)16(19)14(18)9-11/h3-6,8-9H,2,7H2,1H3,(H,20,21). The number of ether oxygens (including phenoxy) is 1. The van der Waals surface area contributed by atoms with Gasteiger partial charge in [-0.2, -0.15) is 0 Å². The molecule has 0 atom stereocenters. The van der Waals surface area contributed by atoms with Crippen molar-refractivity contribution in [3.8, 4) is 5.75 Å². The monoisotopic (exact) mass is 417 g/mol. The van der Waals surface area contributed by atoms with E-state index in [1.54, 1.807) is 46.9 Å². The second-order valence-electron chi connectivity index (χ2n) is 4.56.